The monoisotopic (exact) mass is 305 g/mol. The fourth-order valence-electron chi connectivity index (χ4n) is 1.37. The van der Waals surface area contributed by atoms with E-state index >= 15 is 0 Å². The van der Waals surface area contributed by atoms with E-state index in [4.69, 9.17) is 22.1 Å². The number of carbonyl (C=O) groups is 1. The van der Waals surface area contributed by atoms with Crippen molar-refractivity contribution in [1.29, 1.82) is 0 Å². The lowest BCUT2D eigenvalue weighted by Crippen LogP contribution is -2.34. The second kappa shape index (κ2) is 6.54. The van der Waals surface area contributed by atoms with Crippen molar-refractivity contribution in [2.75, 3.05) is 11.9 Å². The van der Waals surface area contributed by atoms with Gasteiger partial charge in [0.05, 0.1) is 6.61 Å². The van der Waals surface area contributed by atoms with Gasteiger partial charge in [-0.1, -0.05) is 11.6 Å². The molecule has 1 heterocycles. The molecule has 0 fully saturated rings. The average molecular weight is 306 g/mol. The Hall–Kier alpha value is -0.850. The van der Waals surface area contributed by atoms with Crippen LogP contribution in [0.3, 0.4) is 0 Å². The summed E-state index contributed by atoms with van der Waals surface area (Å²) in [5.41, 5.74) is 5.67. The number of ether oxygens (including phenoxy) is 1. The zero-order valence-corrected chi connectivity index (χ0v) is 13.2. The molecule has 1 unspecified atom stereocenters. The summed E-state index contributed by atoms with van der Waals surface area (Å²) in [6, 6.07) is -0.708. The number of hydrogen-bond donors (Lipinski definition) is 2. The molecule has 1 atom stereocenters. The molecule has 0 radical (unpaired) electrons. The SMILES string of the molecule is CCOC(=O)C(N)Cc1sc(NC(C)(C)C)nc1Cl. The van der Waals surface area contributed by atoms with Crippen molar-refractivity contribution in [2.24, 2.45) is 5.73 Å². The molecule has 19 heavy (non-hydrogen) atoms. The maximum Gasteiger partial charge on any atom is 0.323 e. The number of thiazole rings is 1. The number of esters is 1. The lowest BCUT2D eigenvalue weighted by atomic mass is 10.1. The zero-order chi connectivity index (χ0) is 14.6. The number of nitrogens with two attached hydrogens (primary N) is 1. The topological polar surface area (TPSA) is 77.2 Å². The van der Waals surface area contributed by atoms with Gasteiger partial charge in [-0.2, -0.15) is 0 Å². The van der Waals surface area contributed by atoms with Gasteiger partial charge in [-0.05, 0) is 27.7 Å². The van der Waals surface area contributed by atoms with E-state index in [9.17, 15) is 4.79 Å². The van der Waals surface area contributed by atoms with Crippen molar-refractivity contribution in [3.63, 3.8) is 0 Å². The number of halogens is 1. The van der Waals surface area contributed by atoms with Gasteiger partial charge < -0.3 is 15.8 Å². The molecular weight excluding hydrogens is 286 g/mol. The lowest BCUT2D eigenvalue weighted by molar-refractivity contribution is -0.144. The summed E-state index contributed by atoms with van der Waals surface area (Å²) in [5.74, 6) is -0.419. The van der Waals surface area contributed by atoms with E-state index in [1.165, 1.54) is 11.3 Å². The van der Waals surface area contributed by atoms with Gasteiger partial charge in [-0.25, -0.2) is 4.98 Å². The van der Waals surface area contributed by atoms with Gasteiger partial charge in [-0.3, -0.25) is 4.79 Å². The third kappa shape index (κ3) is 5.34. The smallest absolute Gasteiger partial charge is 0.323 e. The van der Waals surface area contributed by atoms with Crippen molar-refractivity contribution < 1.29 is 9.53 Å². The van der Waals surface area contributed by atoms with Gasteiger partial charge in [-0.15, -0.1) is 11.3 Å². The normalized spacial score (nSPS) is 13.2. The number of aromatic nitrogens is 1. The van der Waals surface area contributed by atoms with Crippen molar-refractivity contribution in [1.82, 2.24) is 4.98 Å². The molecule has 108 valence electrons. The molecule has 0 aliphatic carbocycles. The molecule has 1 rings (SSSR count). The van der Waals surface area contributed by atoms with Crippen LogP contribution in [-0.4, -0.2) is 29.1 Å². The molecule has 7 heteroatoms. The Balaban J connectivity index is 2.72. The minimum absolute atomic E-state index is 0.0955. The van der Waals surface area contributed by atoms with Gasteiger partial charge in [0.1, 0.15) is 11.2 Å². The Labute approximate surface area is 122 Å². The first-order valence-corrected chi connectivity index (χ1v) is 7.28. The van der Waals surface area contributed by atoms with Gasteiger partial charge in [0.25, 0.3) is 0 Å². The maximum absolute atomic E-state index is 11.5. The van der Waals surface area contributed by atoms with Crippen LogP contribution >= 0.6 is 22.9 Å². The Morgan fingerprint density at radius 1 is 1.58 bits per heavy atom. The molecule has 0 saturated carbocycles. The average Bonchev–Trinajstić information content (AvgIpc) is 2.56. The van der Waals surface area contributed by atoms with Crippen LogP contribution in [0.5, 0.6) is 0 Å². The van der Waals surface area contributed by atoms with Gasteiger partial charge in [0.15, 0.2) is 5.13 Å². The van der Waals surface area contributed by atoms with Crippen LogP contribution in [0.4, 0.5) is 5.13 Å². The van der Waals surface area contributed by atoms with Crippen LogP contribution in [0.15, 0.2) is 0 Å². The molecule has 1 aromatic rings. The fraction of sp³-hybridized carbons (Fsp3) is 0.667. The summed E-state index contributed by atoms with van der Waals surface area (Å²) in [6.07, 6.45) is 0.334. The molecule has 3 N–H and O–H groups in total. The lowest BCUT2D eigenvalue weighted by Gasteiger charge is -2.19. The largest absolute Gasteiger partial charge is 0.465 e. The van der Waals surface area contributed by atoms with Gasteiger partial charge >= 0.3 is 5.97 Å². The summed E-state index contributed by atoms with van der Waals surface area (Å²) in [6.45, 7) is 8.17. The molecule has 5 nitrogen and oxygen atoms in total. The minimum atomic E-state index is -0.708. The molecule has 0 aliphatic heterocycles. The van der Waals surface area contributed by atoms with E-state index in [0.29, 0.717) is 18.2 Å². The van der Waals surface area contributed by atoms with E-state index in [0.717, 1.165) is 10.0 Å². The number of hydrogen-bond acceptors (Lipinski definition) is 6. The standard InChI is InChI=1S/C12H20ClN3O2S/c1-5-18-10(17)7(14)6-8-9(13)15-11(19-8)16-12(2,3)4/h7H,5-6,14H2,1-4H3,(H,15,16). The predicted octanol–water partition coefficient (Wildman–Crippen LogP) is 2.44. The highest BCUT2D eigenvalue weighted by atomic mass is 35.5. The van der Waals surface area contributed by atoms with Crippen LogP contribution in [0, 0.1) is 0 Å². The molecular formula is C12H20ClN3O2S. The second-order valence-corrected chi connectivity index (χ2v) is 6.61. The summed E-state index contributed by atoms with van der Waals surface area (Å²) in [4.78, 5) is 16.5. The third-order valence-electron chi connectivity index (χ3n) is 2.13. The Morgan fingerprint density at radius 2 is 2.21 bits per heavy atom. The fourth-order valence-corrected chi connectivity index (χ4v) is 2.81. The maximum atomic E-state index is 11.5. The van der Waals surface area contributed by atoms with Crippen LogP contribution < -0.4 is 11.1 Å². The van der Waals surface area contributed by atoms with Crippen LogP contribution in [0.1, 0.15) is 32.6 Å². The first-order chi connectivity index (χ1) is 8.73. The first-order valence-electron chi connectivity index (χ1n) is 6.08. The quantitative estimate of drug-likeness (QED) is 0.817. The molecule has 0 amide bonds. The molecule has 0 bridgehead atoms. The van der Waals surface area contributed by atoms with Crippen molar-refractivity contribution in [3.05, 3.63) is 10.0 Å². The van der Waals surface area contributed by atoms with Crippen molar-refractivity contribution in [2.45, 2.75) is 45.7 Å². The van der Waals surface area contributed by atoms with Crippen molar-refractivity contribution in [3.8, 4) is 0 Å². The second-order valence-electron chi connectivity index (χ2n) is 5.17. The van der Waals surface area contributed by atoms with Gasteiger partial charge in [0.2, 0.25) is 0 Å². The first kappa shape index (κ1) is 16.2. The number of carbonyl (C=O) groups excluding carboxylic acids is 1. The van der Waals surface area contributed by atoms with E-state index in [1.54, 1.807) is 6.92 Å². The molecule has 0 spiro atoms. The Kier molecular flexibility index (Phi) is 5.58. The summed E-state index contributed by atoms with van der Waals surface area (Å²) < 4.78 is 4.86. The van der Waals surface area contributed by atoms with Gasteiger partial charge in [0, 0.05) is 16.8 Å². The summed E-state index contributed by atoms with van der Waals surface area (Å²) in [5, 5.41) is 4.35. The Bertz CT molecular complexity index is 443. The highest BCUT2D eigenvalue weighted by molar-refractivity contribution is 7.16. The third-order valence-corrected chi connectivity index (χ3v) is 3.54. The van der Waals surface area contributed by atoms with Crippen LogP contribution in [-0.2, 0) is 16.0 Å². The van der Waals surface area contributed by atoms with E-state index < -0.39 is 12.0 Å². The molecule has 0 aliphatic rings. The number of nitrogens with zero attached hydrogens (tertiary/aromatic N) is 1. The number of rotatable bonds is 5. The highest BCUT2D eigenvalue weighted by Gasteiger charge is 2.20. The molecule has 1 aromatic heterocycles. The zero-order valence-electron chi connectivity index (χ0n) is 11.6. The summed E-state index contributed by atoms with van der Waals surface area (Å²) in [7, 11) is 0. The van der Waals surface area contributed by atoms with Crippen molar-refractivity contribution >= 4 is 34.0 Å². The highest BCUT2D eigenvalue weighted by Crippen LogP contribution is 2.29. The number of nitrogens with one attached hydrogen (secondary N) is 1. The van der Waals surface area contributed by atoms with E-state index in [1.807, 2.05) is 20.8 Å². The predicted molar refractivity (Wildman–Crippen MR) is 78.8 cm³/mol. The Morgan fingerprint density at radius 3 is 2.74 bits per heavy atom. The van der Waals surface area contributed by atoms with Crippen LogP contribution in [0.25, 0.3) is 0 Å². The summed E-state index contributed by atoms with van der Waals surface area (Å²) >= 11 is 7.46. The molecule has 0 aromatic carbocycles. The van der Waals surface area contributed by atoms with E-state index in [2.05, 4.69) is 10.3 Å². The van der Waals surface area contributed by atoms with E-state index in [-0.39, 0.29) is 5.54 Å². The van der Waals surface area contributed by atoms with Crippen LogP contribution in [0.2, 0.25) is 5.15 Å². The molecule has 0 saturated heterocycles. The minimum Gasteiger partial charge on any atom is -0.465 e. The number of anilines is 1.